The molecule has 4 heteroatoms. The van der Waals surface area contributed by atoms with E-state index in [0.29, 0.717) is 6.54 Å². The number of Topliss-reactive ketones (excluding diaryl/α,β-unsaturated/α-hetero) is 1. The molecule has 2 heterocycles. The van der Waals surface area contributed by atoms with Crippen molar-refractivity contribution in [1.29, 1.82) is 0 Å². The minimum atomic E-state index is 0.175. The zero-order chi connectivity index (χ0) is 13.2. The van der Waals surface area contributed by atoms with E-state index in [9.17, 15) is 4.79 Å². The molecule has 0 spiro atoms. The fraction of sp³-hybridized carbons (Fsp3) is 0.400. The number of ketones is 1. The summed E-state index contributed by atoms with van der Waals surface area (Å²) >= 11 is 0. The van der Waals surface area contributed by atoms with Crippen molar-refractivity contribution in [3.8, 4) is 0 Å². The molecule has 1 aromatic carbocycles. The summed E-state index contributed by atoms with van der Waals surface area (Å²) in [4.78, 5) is 17.7. The summed E-state index contributed by atoms with van der Waals surface area (Å²) in [6.07, 6.45) is 3.10. The van der Waals surface area contributed by atoms with E-state index in [2.05, 4.69) is 9.88 Å². The second kappa shape index (κ2) is 5.15. The molecule has 1 aromatic heterocycles. The second-order valence-corrected chi connectivity index (χ2v) is 5.05. The molecule has 1 fully saturated rings. The average molecular weight is 258 g/mol. The second-order valence-electron chi connectivity index (χ2n) is 5.05. The minimum absolute atomic E-state index is 0.175. The Morgan fingerprint density at radius 2 is 2.32 bits per heavy atom. The Bertz CT molecular complexity index is 591. The molecular weight excluding hydrogens is 240 g/mol. The number of likely N-dealkylation sites (tertiary alicyclic amines) is 1. The number of para-hydroxylation sites is 1. The van der Waals surface area contributed by atoms with Crippen molar-refractivity contribution in [3.63, 3.8) is 0 Å². The third-order valence-electron chi connectivity index (χ3n) is 3.82. The molecule has 0 aliphatic carbocycles. The van der Waals surface area contributed by atoms with Gasteiger partial charge >= 0.3 is 0 Å². The van der Waals surface area contributed by atoms with Crippen LogP contribution in [0.3, 0.4) is 0 Å². The van der Waals surface area contributed by atoms with Crippen LogP contribution in [0.2, 0.25) is 0 Å². The van der Waals surface area contributed by atoms with Gasteiger partial charge in [-0.25, -0.2) is 0 Å². The summed E-state index contributed by atoms with van der Waals surface area (Å²) in [5.74, 6) is 0.175. The molecule has 1 saturated heterocycles. The van der Waals surface area contributed by atoms with Crippen molar-refractivity contribution in [2.75, 3.05) is 26.7 Å². The van der Waals surface area contributed by atoms with Crippen molar-refractivity contribution in [1.82, 2.24) is 9.88 Å². The van der Waals surface area contributed by atoms with Gasteiger partial charge in [0, 0.05) is 42.9 Å². The van der Waals surface area contributed by atoms with E-state index in [1.807, 2.05) is 30.5 Å². The normalized spacial score (nSPS) is 20.2. The van der Waals surface area contributed by atoms with Crippen molar-refractivity contribution in [2.45, 2.75) is 12.5 Å². The number of hydrogen-bond donors (Lipinski definition) is 1. The van der Waals surface area contributed by atoms with Crippen LogP contribution in [0.5, 0.6) is 0 Å². The van der Waals surface area contributed by atoms with Gasteiger partial charge < -0.3 is 9.72 Å². The largest absolute Gasteiger partial charge is 0.380 e. The number of nitrogens with zero attached hydrogens (tertiary/aromatic N) is 1. The van der Waals surface area contributed by atoms with E-state index in [4.69, 9.17) is 4.74 Å². The number of rotatable bonds is 4. The van der Waals surface area contributed by atoms with Gasteiger partial charge in [-0.1, -0.05) is 18.2 Å². The first-order valence-corrected chi connectivity index (χ1v) is 6.62. The van der Waals surface area contributed by atoms with Gasteiger partial charge in [-0.3, -0.25) is 9.69 Å². The topological polar surface area (TPSA) is 45.3 Å². The molecule has 1 aliphatic heterocycles. The number of nitrogens with one attached hydrogen (secondary N) is 1. The van der Waals surface area contributed by atoms with Gasteiger partial charge in [-0.2, -0.15) is 0 Å². The van der Waals surface area contributed by atoms with Gasteiger partial charge in [0.15, 0.2) is 5.78 Å². The molecule has 0 bridgehead atoms. The Balaban J connectivity index is 1.74. The Morgan fingerprint density at radius 1 is 1.47 bits per heavy atom. The molecule has 1 unspecified atom stereocenters. The highest BCUT2D eigenvalue weighted by molar-refractivity contribution is 6.08. The molecule has 0 radical (unpaired) electrons. The van der Waals surface area contributed by atoms with E-state index < -0.39 is 0 Å². The number of aromatic nitrogens is 1. The summed E-state index contributed by atoms with van der Waals surface area (Å²) < 4.78 is 5.32. The predicted octanol–water partition coefficient (Wildman–Crippen LogP) is 2.07. The van der Waals surface area contributed by atoms with E-state index in [1.54, 1.807) is 7.11 Å². The number of methoxy groups -OCH3 is 1. The van der Waals surface area contributed by atoms with Crippen LogP contribution in [0.4, 0.5) is 0 Å². The van der Waals surface area contributed by atoms with Gasteiger partial charge in [0.1, 0.15) is 0 Å². The van der Waals surface area contributed by atoms with Crippen LogP contribution in [0, 0.1) is 0 Å². The number of carbonyl (C=O) groups is 1. The fourth-order valence-electron chi connectivity index (χ4n) is 2.72. The van der Waals surface area contributed by atoms with Crippen LogP contribution < -0.4 is 0 Å². The van der Waals surface area contributed by atoms with Gasteiger partial charge in [0.25, 0.3) is 0 Å². The highest BCUT2D eigenvalue weighted by atomic mass is 16.5. The zero-order valence-corrected chi connectivity index (χ0v) is 11.1. The standard InChI is InChI=1S/C15H18N2O2/c1-19-11-6-7-17(9-11)10-15(18)13-8-16-14-5-3-2-4-12(13)14/h2-5,8,11,16H,6-7,9-10H2,1H3. The lowest BCUT2D eigenvalue weighted by Gasteiger charge is -2.14. The number of ether oxygens (including phenoxy) is 1. The van der Waals surface area contributed by atoms with Gasteiger partial charge in [-0.05, 0) is 12.5 Å². The number of hydrogen-bond acceptors (Lipinski definition) is 3. The fourth-order valence-corrected chi connectivity index (χ4v) is 2.72. The molecule has 19 heavy (non-hydrogen) atoms. The average Bonchev–Trinajstić information content (AvgIpc) is 3.04. The van der Waals surface area contributed by atoms with Crippen LogP contribution in [-0.2, 0) is 4.74 Å². The van der Waals surface area contributed by atoms with Crippen LogP contribution in [0.15, 0.2) is 30.5 Å². The number of benzene rings is 1. The zero-order valence-electron chi connectivity index (χ0n) is 11.1. The monoisotopic (exact) mass is 258 g/mol. The summed E-state index contributed by atoms with van der Waals surface area (Å²) in [7, 11) is 1.73. The quantitative estimate of drug-likeness (QED) is 0.854. The summed E-state index contributed by atoms with van der Waals surface area (Å²) in [6.45, 7) is 2.26. The molecule has 1 aliphatic rings. The number of aromatic amines is 1. The molecular formula is C15H18N2O2. The molecule has 100 valence electrons. The SMILES string of the molecule is COC1CCN(CC(=O)c2c[nH]c3ccccc23)C1. The van der Waals surface area contributed by atoms with E-state index in [1.165, 1.54) is 0 Å². The van der Waals surface area contributed by atoms with E-state index in [0.717, 1.165) is 36.0 Å². The molecule has 2 aromatic rings. The Morgan fingerprint density at radius 3 is 3.11 bits per heavy atom. The third kappa shape index (κ3) is 2.41. The van der Waals surface area contributed by atoms with Crippen molar-refractivity contribution in [3.05, 3.63) is 36.0 Å². The Kier molecular flexibility index (Phi) is 3.36. The lowest BCUT2D eigenvalue weighted by Crippen LogP contribution is -2.29. The molecule has 4 nitrogen and oxygen atoms in total. The van der Waals surface area contributed by atoms with E-state index >= 15 is 0 Å². The number of H-pyrrole nitrogens is 1. The van der Waals surface area contributed by atoms with Gasteiger partial charge in [0.2, 0.25) is 0 Å². The highest BCUT2D eigenvalue weighted by Gasteiger charge is 2.24. The number of carbonyl (C=O) groups excluding carboxylic acids is 1. The molecule has 0 saturated carbocycles. The smallest absolute Gasteiger partial charge is 0.178 e. The first-order valence-electron chi connectivity index (χ1n) is 6.62. The van der Waals surface area contributed by atoms with E-state index in [-0.39, 0.29) is 11.9 Å². The molecule has 1 atom stereocenters. The maximum absolute atomic E-state index is 12.4. The van der Waals surface area contributed by atoms with Crippen molar-refractivity contribution in [2.24, 2.45) is 0 Å². The maximum atomic E-state index is 12.4. The first-order chi connectivity index (χ1) is 9.28. The van der Waals surface area contributed by atoms with Crippen LogP contribution >= 0.6 is 0 Å². The Labute approximate surface area is 112 Å². The third-order valence-corrected chi connectivity index (χ3v) is 3.82. The van der Waals surface area contributed by atoms with Crippen molar-refractivity contribution >= 4 is 16.7 Å². The van der Waals surface area contributed by atoms with Crippen molar-refractivity contribution < 1.29 is 9.53 Å². The predicted molar refractivity (Wildman–Crippen MR) is 74.5 cm³/mol. The van der Waals surface area contributed by atoms with Crippen LogP contribution in [0.1, 0.15) is 16.8 Å². The molecule has 3 rings (SSSR count). The summed E-state index contributed by atoms with van der Waals surface area (Å²) in [6, 6.07) is 7.91. The lowest BCUT2D eigenvalue weighted by molar-refractivity contribution is 0.0900. The van der Waals surface area contributed by atoms with Gasteiger partial charge in [-0.15, -0.1) is 0 Å². The first kappa shape index (κ1) is 12.4. The summed E-state index contributed by atoms with van der Waals surface area (Å²) in [5.41, 5.74) is 1.80. The highest BCUT2D eigenvalue weighted by Crippen LogP contribution is 2.19. The Hall–Kier alpha value is -1.65. The number of fused-ring (bicyclic) bond motifs is 1. The van der Waals surface area contributed by atoms with Gasteiger partial charge in [0.05, 0.1) is 12.6 Å². The molecule has 0 amide bonds. The van der Waals surface area contributed by atoms with Crippen LogP contribution in [0.25, 0.3) is 10.9 Å². The molecule has 1 N–H and O–H groups in total. The minimum Gasteiger partial charge on any atom is -0.380 e. The lowest BCUT2D eigenvalue weighted by atomic mass is 10.1. The maximum Gasteiger partial charge on any atom is 0.178 e. The summed E-state index contributed by atoms with van der Waals surface area (Å²) in [5, 5.41) is 1.01. The van der Waals surface area contributed by atoms with Crippen LogP contribution in [-0.4, -0.2) is 48.5 Å².